The molecule has 0 spiro atoms. The number of likely N-dealkylation sites (tertiary alicyclic amines) is 1. The third-order valence-electron chi connectivity index (χ3n) is 3.77. The zero-order valence-corrected chi connectivity index (χ0v) is 13.6. The number of rotatable bonds is 4. The van der Waals surface area contributed by atoms with Crippen molar-refractivity contribution in [2.75, 3.05) is 23.7 Å². The summed E-state index contributed by atoms with van der Waals surface area (Å²) in [6, 6.07) is 6.90. The van der Waals surface area contributed by atoms with Crippen molar-refractivity contribution in [3.05, 3.63) is 48.5 Å². The van der Waals surface area contributed by atoms with Gasteiger partial charge in [0.05, 0.1) is 12.1 Å². The number of nitrogens with zero attached hydrogens (tertiary/aromatic N) is 3. The number of nitrogens with one attached hydrogen (secondary N) is 2. The zero-order chi connectivity index (χ0) is 17.8. The lowest BCUT2D eigenvalue weighted by molar-refractivity contribution is -0.123. The number of benzene rings is 1. The molecule has 128 valence electrons. The molecule has 8 nitrogen and oxygen atoms in total. The summed E-state index contributed by atoms with van der Waals surface area (Å²) in [6.07, 6.45) is 4.36. The molecule has 3 amide bonds. The van der Waals surface area contributed by atoms with Crippen molar-refractivity contribution in [1.82, 2.24) is 14.9 Å². The van der Waals surface area contributed by atoms with Crippen molar-refractivity contribution in [3.8, 4) is 0 Å². The van der Waals surface area contributed by atoms with E-state index in [1.807, 2.05) is 0 Å². The molecule has 1 saturated heterocycles. The second kappa shape index (κ2) is 7.08. The third kappa shape index (κ3) is 3.97. The fraction of sp³-hybridized carbons (Fsp3) is 0.235. The van der Waals surface area contributed by atoms with Gasteiger partial charge in [0.15, 0.2) is 0 Å². The van der Waals surface area contributed by atoms with Crippen molar-refractivity contribution in [2.24, 2.45) is 5.92 Å². The Bertz CT molecular complexity index is 803. The van der Waals surface area contributed by atoms with Crippen LogP contribution in [0.2, 0.25) is 0 Å². The Morgan fingerprint density at radius 3 is 2.48 bits per heavy atom. The number of anilines is 2. The maximum Gasteiger partial charge on any atom is 0.274 e. The average Bonchev–Trinajstić information content (AvgIpc) is 2.54. The topological polar surface area (TPSA) is 104 Å². The van der Waals surface area contributed by atoms with Crippen molar-refractivity contribution in [3.63, 3.8) is 0 Å². The molecule has 3 rings (SSSR count). The molecule has 0 radical (unpaired) electrons. The Hall–Kier alpha value is -3.29. The summed E-state index contributed by atoms with van der Waals surface area (Å²) >= 11 is 0. The Morgan fingerprint density at radius 2 is 1.84 bits per heavy atom. The quantitative estimate of drug-likeness (QED) is 0.869. The molecule has 2 N–H and O–H groups in total. The second-order valence-electron chi connectivity index (χ2n) is 5.75. The van der Waals surface area contributed by atoms with Crippen LogP contribution < -0.4 is 10.6 Å². The summed E-state index contributed by atoms with van der Waals surface area (Å²) in [6.45, 7) is 2.10. The number of carbonyl (C=O) groups excluding carboxylic acids is 3. The standard InChI is InChI=1S/C17H17N5O3/c1-11(23)20-13-3-2-4-14(7-13)21-16(24)12-9-22(10-12)17(25)15-8-18-5-6-19-15/h2-8,12H,9-10H2,1H3,(H,20,23)(H,21,24). The number of carbonyl (C=O) groups is 3. The molecule has 0 saturated carbocycles. The highest BCUT2D eigenvalue weighted by atomic mass is 16.2. The predicted molar refractivity (Wildman–Crippen MR) is 90.8 cm³/mol. The molecule has 25 heavy (non-hydrogen) atoms. The molecule has 0 atom stereocenters. The molecular formula is C17H17N5O3. The fourth-order valence-corrected chi connectivity index (χ4v) is 2.50. The molecular weight excluding hydrogens is 322 g/mol. The molecule has 2 heterocycles. The first-order chi connectivity index (χ1) is 12.0. The van der Waals surface area contributed by atoms with Gasteiger partial charge in [-0.25, -0.2) is 4.98 Å². The monoisotopic (exact) mass is 339 g/mol. The van der Waals surface area contributed by atoms with Gasteiger partial charge in [-0.2, -0.15) is 0 Å². The minimum atomic E-state index is -0.273. The van der Waals surface area contributed by atoms with Gasteiger partial charge in [0, 0.05) is 43.8 Å². The van der Waals surface area contributed by atoms with Gasteiger partial charge < -0.3 is 15.5 Å². The van der Waals surface area contributed by atoms with E-state index in [9.17, 15) is 14.4 Å². The van der Waals surface area contributed by atoms with Crippen molar-refractivity contribution >= 4 is 29.1 Å². The third-order valence-corrected chi connectivity index (χ3v) is 3.77. The Balaban J connectivity index is 1.54. The number of aromatic nitrogens is 2. The highest BCUT2D eigenvalue weighted by molar-refractivity contribution is 5.98. The van der Waals surface area contributed by atoms with E-state index in [4.69, 9.17) is 0 Å². The first kappa shape index (κ1) is 16.6. The maximum absolute atomic E-state index is 12.3. The van der Waals surface area contributed by atoms with Crippen molar-refractivity contribution in [2.45, 2.75) is 6.92 Å². The first-order valence-corrected chi connectivity index (χ1v) is 7.77. The van der Waals surface area contributed by atoms with E-state index in [0.29, 0.717) is 24.5 Å². The number of hydrogen-bond acceptors (Lipinski definition) is 5. The summed E-state index contributed by atoms with van der Waals surface area (Å²) in [5, 5.41) is 5.46. The normalized spacial score (nSPS) is 13.7. The van der Waals surface area contributed by atoms with Gasteiger partial charge in [0.1, 0.15) is 5.69 Å². The smallest absolute Gasteiger partial charge is 0.274 e. The van der Waals surface area contributed by atoms with Crippen LogP contribution in [-0.4, -0.2) is 45.7 Å². The van der Waals surface area contributed by atoms with E-state index in [1.165, 1.54) is 25.5 Å². The molecule has 1 aromatic heterocycles. The summed E-state index contributed by atoms with van der Waals surface area (Å²) in [5.41, 5.74) is 1.47. The highest BCUT2D eigenvalue weighted by Gasteiger charge is 2.36. The van der Waals surface area contributed by atoms with E-state index in [2.05, 4.69) is 20.6 Å². The minimum Gasteiger partial charge on any atom is -0.336 e. The van der Waals surface area contributed by atoms with Crippen LogP contribution in [0.25, 0.3) is 0 Å². The van der Waals surface area contributed by atoms with Crippen LogP contribution in [0.15, 0.2) is 42.9 Å². The molecule has 8 heteroatoms. The van der Waals surface area contributed by atoms with E-state index in [0.717, 1.165) is 0 Å². The van der Waals surface area contributed by atoms with Gasteiger partial charge in [-0.1, -0.05) is 6.07 Å². The van der Waals surface area contributed by atoms with E-state index in [1.54, 1.807) is 29.2 Å². The Kier molecular flexibility index (Phi) is 4.69. The first-order valence-electron chi connectivity index (χ1n) is 7.77. The number of amides is 3. The number of hydrogen-bond donors (Lipinski definition) is 2. The fourth-order valence-electron chi connectivity index (χ4n) is 2.50. The van der Waals surface area contributed by atoms with Gasteiger partial charge >= 0.3 is 0 Å². The molecule has 0 bridgehead atoms. The van der Waals surface area contributed by atoms with Crippen LogP contribution in [0.5, 0.6) is 0 Å². The van der Waals surface area contributed by atoms with E-state index >= 15 is 0 Å². The minimum absolute atomic E-state index is 0.164. The zero-order valence-electron chi connectivity index (χ0n) is 13.6. The molecule has 1 aliphatic rings. The molecule has 0 unspecified atom stereocenters. The Morgan fingerprint density at radius 1 is 1.12 bits per heavy atom. The Labute approximate surface area is 144 Å². The van der Waals surface area contributed by atoms with Crippen molar-refractivity contribution < 1.29 is 14.4 Å². The maximum atomic E-state index is 12.3. The molecule has 1 aromatic carbocycles. The molecule has 1 fully saturated rings. The van der Waals surface area contributed by atoms with Gasteiger partial charge in [-0.15, -0.1) is 0 Å². The van der Waals surface area contributed by atoms with Crippen LogP contribution in [0, 0.1) is 5.92 Å². The van der Waals surface area contributed by atoms with E-state index < -0.39 is 0 Å². The largest absolute Gasteiger partial charge is 0.336 e. The van der Waals surface area contributed by atoms with Gasteiger partial charge in [-0.3, -0.25) is 19.4 Å². The second-order valence-corrected chi connectivity index (χ2v) is 5.75. The van der Waals surface area contributed by atoms with Crippen LogP contribution in [0.4, 0.5) is 11.4 Å². The molecule has 1 aliphatic heterocycles. The van der Waals surface area contributed by atoms with Gasteiger partial charge in [0.25, 0.3) is 5.91 Å². The van der Waals surface area contributed by atoms with Crippen LogP contribution in [0.1, 0.15) is 17.4 Å². The van der Waals surface area contributed by atoms with E-state index in [-0.39, 0.29) is 29.3 Å². The average molecular weight is 339 g/mol. The van der Waals surface area contributed by atoms with Crippen LogP contribution in [-0.2, 0) is 9.59 Å². The van der Waals surface area contributed by atoms with Crippen LogP contribution in [0.3, 0.4) is 0 Å². The summed E-state index contributed by atoms with van der Waals surface area (Å²) in [4.78, 5) is 44.9. The predicted octanol–water partition coefficient (Wildman–Crippen LogP) is 1.15. The summed E-state index contributed by atoms with van der Waals surface area (Å²) in [7, 11) is 0. The molecule has 2 aromatic rings. The molecule has 0 aliphatic carbocycles. The van der Waals surface area contributed by atoms with Gasteiger partial charge in [0.2, 0.25) is 11.8 Å². The van der Waals surface area contributed by atoms with Crippen LogP contribution >= 0.6 is 0 Å². The van der Waals surface area contributed by atoms with Crippen molar-refractivity contribution in [1.29, 1.82) is 0 Å². The summed E-state index contributed by atoms with van der Waals surface area (Å²) in [5.74, 6) is -0.848. The SMILES string of the molecule is CC(=O)Nc1cccc(NC(=O)C2CN(C(=O)c3cnccn3)C2)c1. The van der Waals surface area contributed by atoms with Gasteiger partial charge in [-0.05, 0) is 18.2 Å². The lowest BCUT2D eigenvalue weighted by atomic mass is 9.98. The summed E-state index contributed by atoms with van der Waals surface area (Å²) < 4.78 is 0. The lowest BCUT2D eigenvalue weighted by Gasteiger charge is -2.37. The highest BCUT2D eigenvalue weighted by Crippen LogP contribution is 2.21. The lowest BCUT2D eigenvalue weighted by Crippen LogP contribution is -2.54.